The number of ether oxygens (including phenoxy) is 1. The highest BCUT2D eigenvalue weighted by Crippen LogP contribution is 2.28. The summed E-state index contributed by atoms with van der Waals surface area (Å²) in [4.78, 5) is 17.6. The van der Waals surface area contributed by atoms with Crippen LogP contribution in [0.4, 0.5) is 4.39 Å². The standard InChI is InChI=1S/C24H23FN2O3/c25-21-14-19(30-16-17-4-2-1-3-5-17)7-8-20(21)23-9-6-18-15-27(13-11-24(28)29)12-10-22(18)26-23/h1-9,14H,10-13,15-16H2,(H,28,29). The highest BCUT2D eigenvalue weighted by molar-refractivity contribution is 5.67. The zero-order valence-electron chi connectivity index (χ0n) is 16.6. The molecular weight excluding hydrogens is 383 g/mol. The van der Waals surface area contributed by atoms with E-state index in [9.17, 15) is 9.18 Å². The predicted molar refractivity (Wildman–Crippen MR) is 112 cm³/mol. The Kier molecular flexibility index (Phi) is 6.05. The van der Waals surface area contributed by atoms with E-state index in [0.29, 0.717) is 36.7 Å². The van der Waals surface area contributed by atoms with Crippen molar-refractivity contribution >= 4 is 5.97 Å². The Morgan fingerprint density at radius 1 is 1.13 bits per heavy atom. The normalized spacial score (nSPS) is 13.6. The Morgan fingerprint density at radius 2 is 1.97 bits per heavy atom. The average Bonchev–Trinajstić information content (AvgIpc) is 2.76. The van der Waals surface area contributed by atoms with Crippen molar-refractivity contribution in [1.29, 1.82) is 0 Å². The second-order valence-corrected chi connectivity index (χ2v) is 7.39. The fraction of sp³-hybridized carbons (Fsp3) is 0.250. The van der Waals surface area contributed by atoms with E-state index in [2.05, 4.69) is 9.88 Å². The number of pyridine rings is 1. The summed E-state index contributed by atoms with van der Waals surface area (Å²) in [7, 11) is 0. The molecule has 0 fully saturated rings. The maximum Gasteiger partial charge on any atom is 0.304 e. The fourth-order valence-electron chi connectivity index (χ4n) is 3.60. The van der Waals surface area contributed by atoms with Crippen molar-refractivity contribution < 1.29 is 19.0 Å². The van der Waals surface area contributed by atoms with Crippen LogP contribution in [0.2, 0.25) is 0 Å². The molecule has 1 aliphatic rings. The third kappa shape index (κ3) is 4.83. The van der Waals surface area contributed by atoms with Crippen LogP contribution in [0.5, 0.6) is 5.75 Å². The molecule has 0 atom stereocenters. The molecule has 0 saturated heterocycles. The molecule has 0 bridgehead atoms. The van der Waals surface area contributed by atoms with Crippen molar-refractivity contribution in [2.24, 2.45) is 0 Å². The smallest absolute Gasteiger partial charge is 0.304 e. The lowest BCUT2D eigenvalue weighted by Gasteiger charge is -2.27. The molecule has 4 rings (SSSR count). The second-order valence-electron chi connectivity index (χ2n) is 7.39. The lowest BCUT2D eigenvalue weighted by atomic mass is 10.0. The number of aliphatic carboxylic acids is 1. The van der Waals surface area contributed by atoms with Gasteiger partial charge in [0.05, 0.1) is 12.1 Å². The number of nitrogens with zero attached hydrogens (tertiary/aromatic N) is 2. The molecule has 2 aromatic carbocycles. The van der Waals surface area contributed by atoms with E-state index in [0.717, 1.165) is 29.8 Å². The Hall–Kier alpha value is -3.25. The summed E-state index contributed by atoms with van der Waals surface area (Å²) in [6.07, 6.45) is 0.855. The van der Waals surface area contributed by atoms with E-state index in [1.54, 1.807) is 12.1 Å². The number of carboxylic acids is 1. The average molecular weight is 406 g/mol. The van der Waals surface area contributed by atoms with E-state index in [1.807, 2.05) is 42.5 Å². The largest absolute Gasteiger partial charge is 0.489 e. The van der Waals surface area contributed by atoms with Crippen LogP contribution in [0.1, 0.15) is 23.2 Å². The number of rotatable bonds is 7. The molecule has 6 heteroatoms. The third-order valence-corrected chi connectivity index (χ3v) is 5.23. The number of hydrogen-bond acceptors (Lipinski definition) is 4. The van der Waals surface area contributed by atoms with Gasteiger partial charge >= 0.3 is 5.97 Å². The summed E-state index contributed by atoms with van der Waals surface area (Å²) in [6.45, 7) is 2.33. The third-order valence-electron chi connectivity index (χ3n) is 5.23. The van der Waals surface area contributed by atoms with Crippen LogP contribution in [0.3, 0.4) is 0 Å². The van der Waals surface area contributed by atoms with E-state index < -0.39 is 5.97 Å². The fourth-order valence-corrected chi connectivity index (χ4v) is 3.60. The van der Waals surface area contributed by atoms with Gasteiger partial charge in [0.2, 0.25) is 0 Å². The van der Waals surface area contributed by atoms with Crippen LogP contribution in [-0.2, 0) is 24.4 Å². The van der Waals surface area contributed by atoms with Gasteiger partial charge in [0.25, 0.3) is 0 Å². The van der Waals surface area contributed by atoms with Gasteiger partial charge in [-0.25, -0.2) is 4.39 Å². The maximum absolute atomic E-state index is 14.7. The molecule has 1 aromatic heterocycles. The molecule has 0 saturated carbocycles. The summed E-state index contributed by atoms with van der Waals surface area (Å²) >= 11 is 0. The lowest BCUT2D eigenvalue weighted by molar-refractivity contribution is -0.137. The van der Waals surface area contributed by atoms with Gasteiger partial charge < -0.3 is 9.84 Å². The monoisotopic (exact) mass is 406 g/mol. The quantitative estimate of drug-likeness (QED) is 0.634. The minimum absolute atomic E-state index is 0.130. The molecule has 154 valence electrons. The first-order valence-electron chi connectivity index (χ1n) is 9.98. The first-order chi connectivity index (χ1) is 14.6. The summed E-state index contributed by atoms with van der Waals surface area (Å²) in [5.41, 5.74) is 4.08. The zero-order valence-corrected chi connectivity index (χ0v) is 16.6. The van der Waals surface area contributed by atoms with Crippen LogP contribution in [0.15, 0.2) is 60.7 Å². The molecule has 0 amide bonds. The number of carboxylic acid groups (broad SMARTS) is 1. The lowest BCUT2D eigenvalue weighted by Crippen LogP contribution is -2.32. The molecule has 3 aromatic rings. The van der Waals surface area contributed by atoms with Gasteiger partial charge in [0.15, 0.2) is 0 Å². The summed E-state index contributed by atoms with van der Waals surface area (Å²) in [6, 6.07) is 18.4. The van der Waals surface area contributed by atoms with Crippen LogP contribution in [0, 0.1) is 5.82 Å². The molecule has 30 heavy (non-hydrogen) atoms. The Balaban J connectivity index is 1.45. The van der Waals surface area contributed by atoms with Crippen molar-refractivity contribution in [3.63, 3.8) is 0 Å². The minimum atomic E-state index is -0.791. The highest BCUT2D eigenvalue weighted by atomic mass is 19.1. The van der Waals surface area contributed by atoms with Crippen molar-refractivity contribution in [3.8, 4) is 17.0 Å². The molecule has 0 spiro atoms. The van der Waals surface area contributed by atoms with E-state index in [-0.39, 0.29) is 12.2 Å². The van der Waals surface area contributed by atoms with Gasteiger partial charge in [-0.3, -0.25) is 14.7 Å². The predicted octanol–water partition coefficient (Wildman–Crippen LogP) is 4.30. The molecule has 5 nitrogen and oxygen atoms in total. The molecule has 0 aliphatic carbocycles. The van der Waals surface area contributed by atoms with E-state index in [1.165, 1.54) is 6.07 Å². The van der Waals surface area contributed by atoms with Crippen molar-refractivity contribution in [2.75, 3.05) is 13.1 Å². The molecule has 0 radical (unpaired) electrons. The topological polar surface area (TPSA) is 62.7 Å². The van der Waals surface area contributed by atoms with Crippen LogP contribution in [0.25, 0.3) is 11.3 Å². The maximum atomic E-state index is 14.7. The number of halogens is 1. The summed E-state index contributed by atoms with van der Waals surface area (Å²) in [5, 5.41) is 8.86. The van der Waals surface area contributed by atoms with Crippen LogP contribution < -0.4 is 4.74 Å². The van der Waals surface area contributed by atoms with Crippen molar-refractivity contribution in [3.05, 3.63) is 83.3 Å². The summed E-state index contributed by atoms with van der Waals surface area (Å²) < 4.78 is 20.4. The first-order valence-corrected chi connectivity index (χ1v) is 9.98. The van der Waals surface area contributed by atoms with Gasteiger partial charge in [0.1, 0.15) is 18.2 Å². The van der Waals surface area contributed by atoms with Crippen molar-refractivity contribution in [2.45, 2.75) is 26.0 Å². The van der Waals surface area contributed by atoms with Gasteiger partial charge in [-0.1, -0.05) is 36.4 Å². The second kappa shape index (κ2) is 9.05. The Bertz CT molecular complexity index is 1040. The molecule has 2 heterocycles. The highest BCUT2D eigenvalue weighted by Gasteiger charge is 2.19. The molecule has 0 unspecified atom stereocenters. The first kappa shape index (κ1) is 20.0. The number of carbonyl (C=O) groups is 1. The number of aromatic nitrogens is 1. The van der Waals surface area contributed by atoms with E-state index >= 15 is 0 Å². The SMILES string of the molecule is O=C(O)CCN1CCc2nc(-c3ccc(OCc4ccccc4)cc3F)ccc2C1. The minimum Gasteiger partial charge on any atom is -0.489 e. The van der Waals surface area contributed by atoms with Gasteiger partial charge in [-0.15, -0.1) is 0 Å². The van der Waals surface area contributed by atoms with Gasteiger partial charge in [-0.05, 0) is 29.3 Å². The van der Waals surface area contributed by atoms with Crippen LogP contribution in [-0.4, -0.2) is 34.0 Å². The van der Waals surface area contributed by atoms with Gasteiger partial charge in [0, 0.05) is 43.4 Å². The molecule has 1 N–H and O–H groups in total. The molecular formula is C24H23FN2O3. The number of fused-ring (bicyclic) bond motifs is 1. The van der Waals surface area contributed by atoms with Crippen molar-refractivity contribution in [1.82, 2.24) is 9.88 Å². The zero-order chi connectivity index (χ0) is 20.9. The molecule has 1 aliphatic heterocycles. The Morgan fingerprint density at radius 3 is 2.73 bits per heavy atom. The van der Waals surface area contributed by atoms with Gasteiger partial charge in [-0.2, -0.15) is 0 Å². The number of hydrogen-bond donors (Lipinski definition) is 1. The number of benzene rings is 2. The Labute approximate surface area is 174 Å². The summed E-state index contributed by atoms with van der Waals surface area (Å²) in [5.74, 6) is -0.681. The van der Waals surface area contributed by atoms with E-state index in [4.69, 9.17) is 9.84 Å². The van der Waals surface area contributed by atoms with Crippen LogP contribution >= 0.6 is 0 Å².